The summed E-state index contributed by atoms with van der Waals surface area (Å²) in [5, 5.41) is 0. The van der Waals surface area contributed by atoms with Crippen molar-refractivity contribution >= 4 is 5.91 Å². The second-order valence-corrected chi connectivity index (χ2v) is 5.61. The summed E-state index contributed by atoms with van der Waals surface area (Å²) < 4.78 is 53.7. The highest BCUT2D eigenvalue weighted by Crippen LogP contribution is 2.29. The van der Waals surface area contributed by atoms with E-state index in [2.05, 4.69) is 4.74 Å². The van der Waals surface area contributed by atoms with E-state index in [9.17, 15) is 22.4 Å². The van der Waals surface area contributed by atoms with Gasteiger partial charge in [0.15, 0.2) is 0 Å². The lowest BCUT2D eigenvalue weighted by Gasteiger charge is -2.16. The first-order chi connectivity index (χ1) is 11.2. The lowest BCUT2D eigenvalue weighted by Crippen LogP contribution is -2.23. The lowest BCUT2D eigenvalue weighted by molar-refractivity contribution is -0.274. The zero-order valence-electron chi connectivity index (χ0n) is 12.7. The number of benzene rings is 2. The van der Waals surface area contributed by atoms with Crippen LogP contribution in [-0.4, -0.2) is 17.2 Å². The fraction of sp³-hybridized carbons (Fsp3) is 0.235. The Morgan fingerprint density at radius 2 is 1.83 bits per heavy atom. The van der Waals surface area contributed by atoms with Crippen LogP contribution < -0.4 is 4.74 Å². The fourth-order valence-corrected chi connectivity index (χ4v) is 2.82. The van der Waals surface area contributed by atoms with Gasteiger partial charge in [-0.1, -0.05) is 12.1 Å². The summed E-state index contributed by atoms with van der Waals surface area (Å²) in [6.45, 7) is 2.17. The van der Waals surface area contributed by atoms with Gasteiger partial charge in [0.25, 0.3) is 5.91 Å². The number of ether oxygens (including phenoxy) is 1. The number of alkyl halides is 3. The highest BCUT2D eigenvalue weighted by molar-refractivity contribution is 5.99. The van der Waals surface area contributed by atoms with Crippen LogP contribution in [0.15, 0.2) is 36.4 Å². The second kappa shape index (κ2) is 5.81. The van der Waals surface area contributed by atoms with E-state index < -0.39 is 12.2 Å². The molecule has 24 heavy (non-hydrogen) atoms. The summed E-state index contributed by atoms with van der Waals surface area (Å²) in [4.78, 5) is 13.9. The minimum absolute atomic E-state index is 0.210. The Morgan fingerprint density at radius 1 is 1.17 bits per heavy atom. The van der Waals surface area contributed by atoms with Crippen molar-refractivity contribution in [1.29, 1.82) is 0 Å². The topological polar surface area (TPSA) is 29.5 Å². The first-order valence-corrected chi connectivity index (χ1v) is 7.16. The Balaban J connectivity index is 1.74. The van der Waals surface area contributed by atoms with Gasteiger partial charge < -0.3 is 9.64 Å². The minimum Gasteiger partial charge on any atom is -0.406 e. The van der Waals surface area contributed by atoms with Gasteiger partial charge in [-0.15, -0.1) is 13.2 Å². The molecule has 0 radical (unpaired) electrons. The second-order valence-electron chi connectivity index (χ2n) is 5.61. The quantitative estimate of drug-likeness (QED) is 0.785. The predicted molar refractivity (Wildman–Crippen MR) is 77.8 cm³/mol. The van der Waals surface area contributed by atoms with Crippen LogP contribution in [0.5, 0.6) is 5.75 Å². The van der Waals surface area contributed by atoms with Gasteiger partial charge in [-0.25, -0.2) is 4.39 Å². The van der Waals surface area contributed by atoms with Crippen LogP contribution in [0.1, 0.15) is 27.0 Å². The Labute approximate surface area is 135 Å². The maximum atomic E-state index is 13.4. The van der Waals surface area contributed by atoms with Crippen LogP contribution >= 0.6 is 0 Å². The maximum absolute atomic E-state index is 13.4. The van der Waals surface area contributed by atoms with Crippen molar-refractivity contribution in [3.63, 3.8) is 0 Å². The van der Waals surface area contributed by atoms with Crippen molar-refractivity contribution in [2.75, 3.05) is 0 Å². The van der Waals surface area contributed by atoms with Crippen LogP contribution in [0.2, 0.25) is 0 Å². The molecule has 0 aromatic heterocycles. The van der Waals surface area contributed by atoms with Gasteiger partial charge in [0.05, 0.1) is 0 Å². The molecule has 0 bridgehead atoms. The number of amides is 1. The van der Waals surface area contributed by atoms with E-state index in [1.54, 1.807) is 6.92 Å². The molecular weight excluding hydrogens is 326 g/mol. The molecule has 0 saturated carbocycles. The molecule has 126 valence electrons. The summed E-state index contributed by atoms with van der Waals surface area (Å²) in [5.74, 6) is -0.923. The standard InChI is InChI=1S/C17H13F4NO2/c1-10-6-13(18)7-12-9-22(16(23)15(10)12)8-11-2-4-14(5-3-11)24-17(19,20)21/h2-7H,8-9H2,1H3. The first kappa shape index (κ1) is 16.3. The minimum atomic E-state index is -4.74. The first-order valence-electron chi connectivity index (χ1n) is 7.16. The third kappa shape index (κ3) is 3.34. The van der Waals surface area contributed by atoms with E-state index in [1.165, 1.54) is 41.3 Å². The molecule has 0 saturated heterocycles. The average molecular weight is 339 g/mol. The molecule has 0 aliphatic carbocycles. The highest BCUT2D eigenvalue weighted by atomic mass is 19.4. The van der Waals surface area contributed by atoms with Crippen molar-refractivity contribution in [2.24, 2.45) is 0 Å². The number of nitrogens with zero attached hydrogens (tertiary/aromatic N) is 1. The molecule has 1 aliphatic heterocycles. The van der Waals surface area contributed by atoms with Crippen molar-refractivity contribution in [1.82, 2.24) is 4.90 Å². The Hall–Kier alpha value is -2.57. The van der Waals surface area contributed by atoms with Gasteiger partial charge in [-0.2, -0.15) is 0 Å². The van der Waals surface area contributed by atoms with Gasteiger partial charge in [-0.3, -0.25) is 4.79 Å². The predicted octanol–water partition coefficient (Wildman–Crippen LogP) is 4.19. The molecular formula is C17H13F4NO2. The van der Waals surface area contributed by atoms with Gasteiger partial charge >= 0.3 is 6.36 Å². The summed E-state index contributed by atoms with van der Waals surface area (Å²) >= 11 is 0. The number of hydrogen-bond donors (Lipinski definition) is 0. The zero-order valence-corrected chi connectivity index (χ0v) is 12.7. The van der Waals surface area contributed by atoms with Crippen molar-refractivity contribution in [3.8, 4) is 5.75 Å². The lowest BCUT2D eigenvalue weighted by atomic mass is 10.0. The molecule has 0 atom stereocenters. The Morgan fingerprint density at radius 3 is 2.46 bits per heavy atom. The van der Waals surface area contributed by atoms with Crippen molar-refractivity contribution in [2.45, 2.75) is 26.4 Å². The van der Waals surface area contributed by atoms with E-state index in [-0.39, 0.29) is 24.7 Å². The Kier molecular flexibility index (Phi) is 3.95. The third-order valence-electron chi connectivity index (χ3n) is 3.77. The van der Waals surface area contributed by atoms with Crippen LogP contribution in [-0.2, 0) is 13.1 Å². The third-order valence-corrected chi connectivity index (χ3v) is 3.77. The van der Waals surface area contributed by atoms with Gasteiger partial charge in [0.2, 0.25) is 0 Å². The molecule has 2 aromatic carbocycles. The molecule has 0 unspecified atom stereocenters. The number of halogens is 4. The fourth-order valence-electron chi connectivity index (χ4n) is 2.82. The number of carbonyl (C=O) groups is 1. The summed E-state index contributed by atoms with van der Waals surface area (Å²) in [5.41, 5.74) is 2.35. The van der Waals surface area contributed by atoms with E-state index >= 15 is 0 Å². The van der Waals surface area contributed by atoms with Crippen molar-refractivity contribution in [3.05, 3.63) is 64.5 Å². The van der Waals surface area contributed by atoms with Crippen molar-refractivity contribution < 1.29 is 27.1 Å². The molecule has 1 heterocycles. The van der Waals surface area contributed by atoms with Gasteiger partial charge in [-0.05, 0) is 47.9 Å². The molecule has 1 amide bonds. The molecule has 2 aromatic rings. The van der Waals surface area contributed by atoms with E-state index in [0.717, 1.165) is 0 Å². The monoisotopic (exact) mass is 339 g/mol. The number of rotatable bonds is 3. The molecule has 3 nitrogen and oxygen atoms in total. The molecule has 1 aliphatic rings. The van der Waals surface area contributed by atoms with E-state index in [4.69, 9.17) is 0 Å². The summed E-state index contributed by atoms with van der Waals surface area (Å²) in [6, 6.07) is 7.96. The molecule has 0 N–H and O–H groups in total. The summed E-state index contributed by atoms with van der Waals surface area (Å²) in [7, 11) is 0. The van der Waals surface area contributed by atoms with Crippen LogP contribution in [0.4, 0.5) is 17.6 Å². The number of fused-ring (bicyclic) bond motifs is 1. The maximum Gasteiger partial charge on any atom is 0.573 e. The molecule has 7 heteroatoms. The van der Waals surface area contributed by atoms with E-state index in [0.29, 0.717) is 22.3 Å². The normalized spacial score (nSPS) is 14.0. The van der Waals surface area contributed by atoms with Crippen LogP contribution in [0.25, 0.3) is 0 Å². The largest absolute Gasteiger partial charge is 0.573 e. The summed E-state index contributed by atoms with van der Waals surface area (Å²) in [6.07, 6.45) is -4.74. The number of aryl methyl sites for hydroxylation is 1. The SMILES string of the molecule is Cc1cc(F)cc2c1C(=O)N(Cc1ccc(OC(F)(F)F)cc1)C2. The molecule has 0 spiro atoms. The molecule has 0 fully saturated rings. The van der Waals surface area contributed by atoms with Gasteiger partial charge in [0, 0.05) is 18.7 Å². The number of hydrogen-bond acceptors (Lipinski definition) is 2. The van der Waals surface area contributed by atoms with E-state index in [1.807, 2.05) is 0 Å². The Bertz CT molecular complexity index is 784. The zero-order chi connectivity index (χ0) is 17.5. The molecule has 3 rings (SSSR count). The van der Waals surface area contributed by atoms with Crippen LogP contribution in [0, 0.1) is 12.7 Å². The van der Waals surface area contributed by atoms with Gasteiger partial charge in [0.1, 0.15) is 11.6 Å². The van der Waals surface area contributed by atoms with Crippen LogP contribution in [0.3, 0.4) is 0 Å². The highest BCUT2D eigenvalue weighted by Gasteiger charge is 2.31. The smallest absolute Gasteiger partial charge is 0.406 e. The number of carbonyl (C=O) groups excluding carboxylic acids is 1. The average Bonchev–Trinajstić information content (AvgIpc) is 2.76.